The Labute approximate surface area is 78.8 Å². The lowest BCUT2D eigenvalue weighted by atomic mass is 10.0. The fourth-order valence-corrected chi connectivity index (χ4v) is 1.37. The van der Waals surface area contributed by atoms with Crippen molar-refractivity contribution in [3.8, 4) is 0 Å². The highest BCUT2D eigenvalue weighted by Crippen LogP contribution is 2.12. The average molecular weight is 181 g/mol. The van der Waals surface area contributed by atoms with E-state index < -0.39 is 0 Å². The summed E-state index contributed by atoms with van der Waals surface area (Å²) >= 11 is 0. The van der Waals surface area contributed by atoms with Crippen molar-refractivity contribution < 1.29 is 4.39 Å². The van der Waals surface area contributed by atoms with E-state index in [9.17, 15) is 4.39 Å². The van der Waals surface area contributed by atoms with Gasteiger partial charge in [-0.15, -0.1) is 0 Å². The highest BCUT2D eigenvalue weighted by Gasteiger charge is 1.99. The Bertz CT molecular complexity index is 271. The second-order valence-corrected chi connectivity index (χ2v) is 3.32. The largest absolute Gasteiger partial charge is 0.330 e. The predicted molar refractivity (Wildman–Crippen MR) is 53.1 cm³/mol. The van der Waals surface area contributed by atoms with Crippen LogP contribution < -0.4 is 5.73 Å². The van der Waals surface area contributed by atoms with Crippen molar-refractivity contribution in [1.29, 1.82) is 0 Å². The van der Waals surface area contributed by atoms with Crippen LogP contribution in [0.1, 0.15) is 24.0 Å². The molecule has 1 aromatic rings. The smallest absolute Gasteiger partial charge is 0.123 e. The number of unbranched alkanes of at least 4 members (excludes halogenated alkanes) is 1. The summed E-state index contributed by atoms with van der Waals surface area (Å²) in [7, 11) is 0. The van der Waals surface area contributed by atoms with Crippen molar-refractivity contribution in [1.82, 2.24) is 0 Å². The van der Waals surface area contributed by atoms with Gasteiger partial charge in [0, 0.05) is 0 Å². The molecule has 0 bridgehead atoms. The minimum atomic E-state index is -0.145. The number of nitrogens with two attached hydrogens (primary N) is 1. The third kappa shape index (κ3) is 3.15. The molecule has 0 spiro atoms. The zero-order valence-corrected chi connectivity index (χ0v) is 8.02. The maximum atomic E-state index is 12.8. The van der Waals surface area contributed by atoms with Crippen molar-refractivity contribution in [3.63, 3.8) is 0 Å². The monoisotopic (exact) mass is 181 g/mol. The third-order valence-corrected chi connectivity index (χ3v) is 2.21. The highest BCUT2D eigenvalue weighted by molar-refractivity contribution is 5.26. The van der Waals surface area contributed by atoms with Crippen LogP contribution in [0.4, 0.5) is 4.39 Å². The molecule has 0 saturated heterocycles. The Balaban J connectivity index is 2.59. The van der Waals surface area contributed by atoms with Gasteiger partial charge in [0.15, 0.2) is 0 Å². The van der Waals surface area contributed by atoms with Crippen LogP contribution in [0.2, 0.25) is 0 Å². The summed E-state index contributed by atoms with van der Waals surface area (Å²) in [5.74, 6) is -0.145. The maximum absolute atomic E-state index is 12.8. The molecule has 0 aromatic heterocycles. The topological polar surface area (TPSA) is 26.0 Å². The standard InChI is InChI=1S/C11H16FN/c1-9-5-6-11(12)8-10(9)4-2-3-7-13/h5-6,8H,2-4,7,13H2,1H3. The van der Waals surface area contributed by atoms with Gasteiger partial charge in [0.25, 0.3) is 0 Å². The fraction of sp³-hybridized carbons (Fsp3) is 0.455. The summed E-state index contributed by atoms with van der Waals surface area (Å²) in [6.07, 6.45) is 2.98. The molecule has 0 radical (unpaired) electrons. The van der Waals surface area contributed by atoms with Gasteiger partial charge in [0.1, 0.15) is 5.82 Å². The van der Waals surface area contributed by atoms with Gasteiger partial charge >= 0.3 is 0 Å². The van der Waals surface area contributed by atoms with Gasteiger partial charge < -0.3 is 5.73 Å². The van der Waals surface area contributed by atoms with Crippen molar-refractivity contribution in [3.05, 3.63) is 35.1 Å². The lowest BCUT2D eigenvalue weighted by Crippen LogP contribution is -1.99. The van der Waals surface area contributed by atoms with Crippen LogP contribution in [0.3, 0.4) is 0 Å². The number of rotatable bonds is 4. The lowest BCUT2D eigenvalue weighted by molar-refractivity contribution is 0.623. The molecule has 1 nitrogen and oxygen atoms in total. The van der Waals surface area contributed by atoms with Gasteiger partial charge in [0.2, 0.25) is 0 Å². The second kappa shape index (κ2) is 4.97. The number of hydrogen-bond acceptors (Lipinski definition) is 1. The first-order chi connectivity index (χ1) is 6.24. The summed E-state index contributed by atoms with van der Waals surface area (Å²) in [6, 6.07) is 4.95. The molecule has 0 aliphatic heterocycles. The first kappa shape index (κ1) is 10.2. The fourth-order valence-electron chi connectivity index (χ4n) is 1.37. The molecule has 13 heavy (non-hydrogen) atoms. The Morgan fingerprint density at radius 1 is 1.31 bits per heavy atom. The Hall–Kier alpha value is -0.890. The van der Waals surface area contributed by atoms with Crippen molar-refractivity contribution in [2.24, 2.45) is 5.73 Å². The van der Waals surface area contributed by atoms with Crippen molar-refractivity contribution in [2.75, 3.05) is 6.54 Å². The zero-order valence-electron chi connectivity index (χ0n) is 8.02. The molecular weight excluding hydrogens is 165 g/mol. The summed E-state index contributed by atoms with van der Waals surface area (Å²) < 4.78 is 12.8. The minimum Gasteiger partial charge on any atom is -0.330 e. The Kier molecular flexibility index (Phi) is 3.90. The van der Waals surface area contributed by atoms with Gasteiger partial charge in [-0.3, -0.25) is 0 Å². The molecule has 0 heterocycles. The number of hydrogen-bond donors (Lipinski definition) is 1. The first-order valence-corrected chi connectivity index (χ1v) is 4.69. The summed E-state index contributed by atoms with van der Waals surface area (Å²) in [5.41, 5.74) is 7.66. The summed E-state index contributed by atoms with van der Waals surface area (Å²) in [5, 5.41) is 0. The molecule has 0 unspecified atom stereocenters. The molecule has 1 aromatic carbocycles. The van der Waals surface area contributed by atoms with Crippen LogP contribution in [0.25, 0.3) is 0 Å². The van der Waals surface area contributed by atoms with Crippen LogP contribution in [-0.4, -0.2) is 6.54 Å². The van der Waals surface area contributed by atoms with Crippen LogP contribution >= 0.6 is 0 Å². The van der Waals surface area contributed by atoms with Gasteiger partial charge in [-0.05, 0) is 56.0 Å². The average Bonchev–Trinajstić information content (AvgIpc) is 2.11. The van der Waals surface area contributed by atoms with Gasteiger partial charge in [-0.2, -0.15) is 0 Å². The lowest BCUT2D eigenvalue weighted by Gasteiger charge is -2.04. The van der Waals surface area contributed by atoms with Crippen LogP contribution in [-0.2, 0) is 6.42 Å². The highest BCUT2D eigenvalue weighted by atomic mass is 19.1. The van der Waals surface area contributed by atoms with E-state index in [1.165, 1.54) is 11.6 Å². The van der Waals surface area contributed by atoms with Gasteiger partial charge in [-0.1, -0.05) is 6.07 Å². The van der Waals surface area contributed by atoms with Crippen LogP contribution in [0, 0.1) is 12.7 Å². The summed E-state index contributed by atoms with van der Waals surface area (Å²) in [6.45, 7) is 2.73. The van der Waals surface area contributed by atoms with E-state index in [0.717, 1.165) is 24.8 Å². The zero-order chi connectivity index (χ0) is 9.68. The first-order valence-electron chi connectivity index (χ1n) is 4.69. The molecule has 2 heteroatoms. The molecule has 0 atom stereocenters. The van der Waals surface area contributed by atoms with E-state index >= 15 is 0 Å². The van der Waals surface area contributed by atoms with E-state index in [1.807, 2.05) is 13.0 Å². The molecular formula is C11H16FN. The molecule has 72 valence electrons. The van der Waals surface area contributed by atoms with E-state index in [-0.39, 0.29) is 5.82 Å². The quantitative estimate of drug-likeness (QED) is 0.709. The molecule has 0 fully saturated rings. The molecule has 0 aliphatic rings. The molecule has 2 N–H and O–H groups in total. The predicted octanol–water partition coefficient (Wildman–Crippen LogP) is 2.42. The van der Waals surface area contributed by atoms with Crippen LogP contribution in [0.15, 0.2) is 18.2 Å². The van der Waals surface area contributed by atoms with Crippen molar-refractivity contribution in [2.45, 2.75) is 26.2 Å². The normalized spacial score (nSPS) is 10.4. The Morgan fingerprint density at radius 3 is 2.77 bits per heavy atom. The number of benzene rings is 1. The van der Waals surface area contributed by atoms with E-state index in [4.69, 9.17) is 5.73 Å². The number of aryl methyl sites for hydroxylation is 2. The third-order valence-electron chi connectivity index (χ3n) is 2.21. The summed E-state index contributed by atoms with van der Waals surface area (Å²) in [4.78, 5) is 0. The second-order valence-electron chi connectivity index (χ2n) is 3.32. The molecule has 0 aliphatic carbocycles. The van der Waals surface area contributed by atoms with Gasteiger partial charge in [0.05, 0.1) is 0 Å². The Morgan fingerprint density at radius 2 is 2.08 bits per heavy atom. The van der Waals surface area contributed by atoms with E-state index in [2.05, 4.69) is 0 Å². The molecule has 0 amide bonds. The number of halogens is 1. The van der Waals surface area contributed by atoms with Gasteiger partial charge in [-0.25, -0.2) is 4.39 Å². The molecule has 0 saturated carbocycles. The minimum absolute atomic E-state index is 0.145. The van der Waals surface area contributed by atoms with Crippen LogP contribution in [0.5, 0.6) is 0 Å². The SMILES string of the molecule is Cc1ccc(F)cc1CCCCN. The van der Waals surface area contributed by atoms with E-state index in [1.54, 1.807) is 6.07 Å². The van der Waals surface area contributed by atoms with E-state index in [0.29, 0.717) is 6.54 Å². The van der Waals surface area contributed by atoms with Crippen molar-refractivity contribution >= 4 is 0 Å². The maximum Gasteiger partial charge on any atom is 0.123 e. The molecule has 1 rings (SSSR count).